The normalized spacial score (nSPS) is 13.3. The number of hydrogen-bond donors (Lipinski definition) is 1. The zero-order valence-corrected chi connectivity index (χ0v) is 14.8. The van der Waals surface area contributed by atoms with Gasteiger partial charge in [0.25, 0.3) is 0 Å². The average Bonchev–Trinajstić information content (AvgIpc) is 3.11. The molecule has 0 aliphatic heterocycles. The fraction of sp³-hybridized carbons (Fsp3) is 0.0476. The fourth-order valence-corrected chi connectivity index (χ4v) is 4.78. The zero-order chi connectivity index (χ0) is 17.1. The highest BCUT2D eigenvalue weighted by atomic mass is 32.2. The molecule has 0 saturated carbocycles. The molecule has 0 fully saturated rings. The molecular weight excluding hydrogens is 326 g/mol. The molecule has 0 aliphatic rings. The van der Waals surface area contributed by atoms with Gasteiger partial charge in [-0.3, -0.25) is 0 Å². The lowest BCUT2D eigenvalue weighted by Crippen LogP contribution is -1.96. The smallest absolute Gasteiger partial charge is 0.0724 e. The van der Waals surface area contributed by atoms with Crippen LogP contribution in [0, 0.1) is 0 Å². The molecule has 25 heavy (non-hydrogen) atoms. The van der Waals surface area contributed by atoms with Crippen molar-refractivity contribution in [2.24, 2.45) is 8.73 Å². The number of rotatable bonds is 3. The molecule has 4 aromatic rings. The molecule has 1 heterocycles. The maximum Gasteiger partial charge on any atom is 0.0724 e. The molecule has 4 rings (SSSR count). The van der Waals surface area contributed by atoms with Gasteiger partial charge in [-0.2, -0.15) is 0 Å². The summed E-state index contributed by atoms with van der Waals surface area (Å²) < 4.78 is 10.1. The maximum atomic E-state index is 5.09. The van der Waals surface area contributed by atoms with E-state index in [4.69, 9.17) is 8.73 Å². The summed E-state index contributed by atoms with van der Waals surface area (Å²) in [5.41, 5.74) is 3.03. The van der Waals surface area contributed by atoms with Crippen LogP contribution in [0.1, 0.15) is 0 Å². The molecule has 1 N–H and O–H groups in total. The summed E-state index contributed by atoms with van der Waals surface area (Å²) >= 11 is 0. The molecule has 1 atom stereocenters. The second-order valence-corrected chi connectivity index (χ2v) is 8.42. The number of fused-ring (bicyclic) bond motifs is 1. The monoisotopic (exact) mass is 345 g/mol. The van der Waals surface area contributed by atoms with Crippen molar-refractivity contribution in [1.82, 2.24) is 4.98 Å². The van der Waals surface area contributed by atoms with E-state index >= 15 is 0 Å². The molecule has 124 valence electrons. The molecular formula is C21H19N3S. The molecule has 0 amide bonds. The highest BCUT2D eigenvalue weighted by Gasteiger charge is 2.06. The van der Waals surface area contributed by atoms with Crippen molar-refractivity contribution in [3.63, 3.8) is 0 Å². The lowest BCUT2D eigenvalue weighted by Gasteiger charge is -2.12. The van der Waals surface area contributed by atoms with Gasteiger partial charge in [0.2, 0.25) is 0 Å². The van der Waals surface area contributed by atoms with E-state index in [0.717, 1.165) is 27.2 Å². The van der Waals surface area contributed by atoms with Crippen molar-refractivity contribution < 1.29 is 0 Å². The highest BCUT2D eigenvalue weighted by Crippen LogP contribution is 2.27. The SMILES string of the molecule is CS(=Nc1ccccc1)(=Nc1ccc2[nH]ccc2c1)c1ccccc1. The zero-order valence-electron chi connectivity index (χ0n) is 14.0. The first-order chi connectivity index (χ1) is 12.2. The predicted molar refractivity (Wildman–Crippen MR) is 107 cm³/mol. The number of benzene rings is 3. The van der Waals surface area contributed by atoms with E-state index in [1.54, 1.807) is 0 Å². The van der Waals surface area contributed by atoms with Crippen LogP contribution < -0.4 is 0 Å². The second-order valence-electron chi connectivity index (χ2n) is 5.91. The lowest BCUT2D eigenvalue weighted by atomic mass is 10.2. The molecule has 1 unspecified atom stereocenters. The van der Waals surface area contributed by atoms with E-state index in [2.05, 4.69) is 41.6 Å². The summed E-state index contributed by atoms with van der Waals surface area (Å²) in [4.78, 5) is 4.37. The lowest BCUT2D eigenvalue weighted by molar-refractivity contribution is 1.40. The van der Waals surface area contributed by atoms with E-state index < -0.39 is 9.62 Å². The molecule has 0 spiro atoms. The number of nitrogens with one attached hydrogen (secondary N) is 1. The van der Waals surface area contributed by atoms with Crippen LogP contribution in [-0.4, -0.2) is 11.2 Å². The average molecular weight is 345 g/mol. The number of aromatic amines is 1. The first kappa shape index (κ1) is 15.7. The number of aromatic nitrogens is 1. The topological polar surface area (TPSA) is 40.5 Å². The van der Waals surface area contributed by atoms with Gasteiger partial charge in [-0.25, -0.2) is 8.73 Å². The van der Waals surface area contributed by atoms with Crippen LogP contribution in [0.4, 0.5) is 11.4 Å². The maximum absolute atomic E-state index is 5.09. The van der Waals surface area contributed by atoms with Crippen LogP contribution in [0.2, 0.25) is 0 Å². The minimum Gasteiger partial charge on any atom is -0.361 e. The summed E-state index contributed by atoms with van der Waals surface area (Å²) in [7, 11) is -1.74. The Morgan fingerprint density at radius 3 is 2.16 bits per heavy atom. The Morgan fingerprint density at radius 2 is 1.40 bits per heavy atom. The van der Waals surface area contributed by atoms with Crippen LogP contribution in [0.3, 0.4) is 0 Å². The van der Waals surface area contributed by atoms with Gasteiger partial charge >= 0.3 is 0 Å². The summed E-state index contributed by atoms with van der Waals surface area (Å²) in [5.74, 6) is 0. The first-order valence-corrected chi connectivity index (χ1v) is 10.1. The predicted octanol–water partition coefficient (Wildman–Crippen LogP) is 6.34. The van der Waals surface area contributed by atoms with Crippen LogP contribution in [0.15, 0.2) is 105 Å². The van der Waals surface area contributed by atoms with E-state index in [1.165, 1.54) is 0 Å². The van der Waals surface area contributed by atoms with Gasteiger partial charge in [0, 0.05) is 28.3 Å². The van der Waals surface area contributed by atoms with Gasteiger partial charge in [-0.1, -0.05) is 36.4 Å². The minimum atomic E-state index is -1.74. The standard InChI is InChI=1S/C21H19N3S/c1-25(20-10-6-3-7-11-20,23-18-8-4-2-5-9-18)24-19-12-13-21-17(16-19)14-15-22-21/h2-16,22H,1H3. The van der Waals surface area contributed by atoms with Crippen molar-refractivity contribution in [3.05, 3.63) is 91.1 Å². The van der Waals surface area contributed by atoms with Gasteiger partial charge in [0.05, 0.1) is 11.4 Å². The van der Waals surface area contributed by atoms with E-state index in [1.807, 2.05) is 60.8 Å². The van der Waals surface area contributed by atoms with E-state index in [-0.39, 0.29) is 0 Å². The Balaban J connectivity index is 1.95. The Hall–Kier alpha value is -2.85. The third kappa shape index (κ3) is 3.35. The van der Waals surface area contributed by atoms with Crippen molar-refractivity contribution in [2.75, 3.05) is 6.26 Å². The third-order valence-corrected chi connectivity index (χ3v) is 6.35. The van der Waals surface area contributed by atoms with E-state index in [9.17, 15) is 0 Å². The fourth-order valence-electron chi connectivity index (χ4n) is 2.80. The van der Waals surface area contributed by atoms with Crippen LogP contribution in [0.5, 0.6) is 0 Å². The van der Waals surface area contributed by atoms with E-state index in [0.29, 0.717) is 0 Å². The Bertz CT molecular complexity index is 1120. The molecule has 0 radical (unpaired) electrons. The Morgan fingerprint density at radius 1 is 0.720 bits per heavy atom. The second kappa shape index (κ2) is 6.57. The molecule has 3 nitrogen and oxygen atoms in total. The van der Waals surface area contributed by atoms with Gasteiger partial charge < -0.3 is 4.98 Å². The summed E-state index contributed by atoms with van der Waals surface area (Å²) in [6, 6.07) is 28.7. The summed E-state index contributed by atoms with van der Waals surface area (Å²) in [5, 5.41) is 1.16. The number of nitrogens with zero attached hydrogens (tertiary/aromatic N) is 2. The molecule has 3 aromatic carbocycles. The Labute approximate surface area is 148 Å². The molecule has 0 bridgehead atoms. The van der Waals surface area contributed by atoms with Crippen molar-refractivity contribution in [3.8, 4) is 0 Å². The summed E-state index contributed by atoms with van der Waals surface area (Å²) in [6.07, 6.45) is 4.09. The van der Waals surface area contributed by atoms with Gasteiger partial charge in [0.1, 0.15) is 0 Å². The van der Waals surface area contributed by atoms with Gasteiger partial charge in [-0.05, 0) is 58.2 Å². The highest BCUT2D eigenvalue weighted by molar-refractivity contribution is 7.95. The third-order valence-electron chi connectivity index (χ3n) is 4.05. The van der Waals surface area contributed by atoms with Gasteiger partial charge in [-0.15, -0.1) is 0 Å². The van der Waals surface area contributed by atoms with Crippen molar-refractivity contribution in [1.29, 1.82) is 0 Å². The summed E-state index contributed by atoms with van der Waals surface area (Å²) in [6.45, 7) is 0. The van der Waals surface area contributed by atoms with Crippen LogP contribution >= 0.6 is 0 Å². The van der Waals surface area contributed by atoms with Crippen molar-refractivity contribution >= 4 is 31.9 Å². The molecule has 1 aromatic heterocycles. The molecule has 4 heteroatoms. The largest absolute Gasteiger partial charge is 0.361 e. The molecule has 0 aliphatic carbocycles. The molecule has 0 saturated heterocycles. The quantitative estimate of drug-likeness (QED) is 0.450. The number of H-pyrrole nitrogens is 1. The van der Waals surface area contributed by atoms with Crippen LogP contribution in [0.25, 0.3) is 10.9 Å². The number of hydrogen-bond acceptors (Lipinski definition) is 2. The van der Waals surface area contributed by atoms with Gasteiger partial charge in [0.15, 0.2) is 0 Å². The first-order valence-electron chi connectivity index (χ1n) is 8.14. The Kier molecular flexibility index (Phi) is 4.12. The minimum absolute atomic E-state index is 0.952. The van der Waals surface area contributed by atoms with Crippen molar-refractivity contribution in [2.45, 2.75) is 4.90 Å². The van der Waals surface area contributed by atoms with Crippen LogP contribution in [-0.2, 0) is 9.62 Å².